The molecule has 1 aromatic rings. The second-order valence-electron chi connectivity index (χ2n) is 14.1. The van der Waals surface area contributed by atoms with Gasteiger partial charge in [-0.15, -0.1) is 0 Å². The highest BCUT2D eigenvalue weighted by Gasteiger charge is 2.31. The number of rotatable bonds is 22. The minimum absolute atomic E-state index is 0.0530. The van der Waals surface area contributed by atoms with Crippen molar-refractivity contribution >= 4 is 53.1 Å². The molecular formula is C37H55N7O10. The van der Waals surface area contributed by atoms with Crippen LogP contribution in [-0.4, -0.2) is 109 Å². The summed E-state index contributed by atoms with van der Waals surface area (Å²) in [5, 5.41) is 10.6. The molecule has 0 radical (unpaired) electrons. The average molecular weight is 758 g/mol. The zero-order valence-electron chi connectivity index (χ0n) is 32.0. The van der Waals surface area contributed by atoms with E-state index in [1.807, 2.05) is 6.92 Å². The molecule has 2 rings (SSSR count). The number of urea groups is 1. The summed E-state index contributed by atoms with van der Waals surface area (Å²) in [6, 6.07) is 3.78. The molecule has 0 bridgehead atoms. The predicted molar refractivity (Wildman–Crippen MR) is 198 cm³/mol. The lowest BCUT2D eigenvalue weighted by Crippen LogP contribution is -2.55. The topological polar surface area (TPSA) is 236 Å². The predicted octanol–water partition coefficient (Wildman–Crippen LogP) is 1.36. The molecule has 0 aliphatic carbocycles. The first-order valence-corrected chi connectivity index (χ1v) is 18.0. The van der Waals surface area contributed by atoms with Gasteiger partial charge >= 0.3 is 12.0 Å². The fourth-order valence-corrected chi connectivity index (χ4v) is 5.03. The van der Waals surface area contributed by atoms with E-state index in [2.05, 4.69) is 21.3 Å². The van der Waals surface area contributed by atoms with Crippen molar-refractivity contribution in [3.05, 3.63) is 42.0 Å². The SMILES string of the molecule is CCOCCCN(CCC(=O)N[C@H](C(=O)N[C@@H](CCCNC(N)=O)C(=O)Nc1ccc(COC(=O)C(C)(C)C)cc1)C(C)C)C(=O)CN1C(=O)C=CC1=O. The molecule has 2 atom stereocenters. The van der Waals surface area contributed by atoms with Crippen molar-refractivity contribution in [2.24, 2.45) is 17.1 Å². The van der Waals surface area contributed by atoms with E-state index in [0.29, 0.717) is 30.9 Å². The van der Waals surface area contributed by atoms with Gasteiger partial charge in [-0.1, -0.05) is 26.0 Å². The van der Waals surface area contributed by atoms with E-state index in [9.17, 15) is 38.4 Å². The number of ether oxygens (including phenoxy) is 2. The first-order valence-electron chi connectivity index (χ1n) is 18.0. The van der Waals surface area contributed by atoms with Crippen LogP contribution in [0, 0.1) is 11.3 Å². The van der Waals surface area contributed by atoms with Gasteiger partial charge in [-0.2, -0.15) is 0 Å². The molecule has 54 heavy (non-hydrogen) atoms. The smallest absolute Gasteiger partial charge is 0.312 e. The number of hydrogen-bond donors (Lipinski definition) is 5. The second kappa shape index (κ2) is 22.0. The minimum Gasteiger partial charge on any atom is -0.460 e. The number of esters is 1. The van der Waals surface area contributed by atoms with Gasteiger partial charge in [0.15, 0.2) is 0 Å². The Balaban J connectivity index is 2.09. The number of nitrogens with zero attached hydrogens (tertiary/aromatic N) is 2. The van der Waals surface area contributed by atoms with E-state index < -0.39 is 71.4 Å². The van der Waals surface area contributed by atoms with Crippen LogP contribution in [0.2, 0.25) is 0 Å². The number of amides is 8. The van der Waals surface area contributed by atoms with Gasteiger partial charge in [0.1, 0.15) is 25.2 Å². The average Bonchev–Trinajstić information content (AvgIpc) is 3.42. The summed E-state index contributed by atoms with van der Waals surface area (Å²) in [5.74, 6) is -4.20. The van der Waals surface area contributed by atoms with Crippen LogP contribution in [0.3, 0.4) is 0 Å². The Hall–Kier alpha value is -5.32. The van der Waals surface area contributed by atoms with Crippen LogP contribution in [-0.2, 0) is 49.6 Å². The molecule has 0 saturated carbocycles. The summed E-state index contributed by atoms with van der Waals surface area (Å²) in [6.45, 7) is 11.2. The Morgan fingerprint density at radius 2 is 1.56 bits per heavy atom. The highest BCUT2D eigenvalue weighted by atomic mass is 16.5. The zero-order valence-corrected chi connectivity index (χ0v) is 32.0. The van der Waals surface area contributed by atoms with Crippen molar-refractivity contribution in [2.75, 3.05) is 44.7 Å². The number of nitrogens with one attached hydrogen (secondary N) is 4. The van der Waals surface area contributed by atoms with E-state index >= 15 is 0 Å². The largest absolute Gasteiger partial charge is 0.460 e. The summed E-state index contributed by atoms with van der Waals surface area (Å²) in [4.78, 5) is 103. The van der Waals surface area contributed by atoms with Crippen molar-refractivity contribution < 1.29 is 47.8 Å². The quantitative estimate of drug-likeness (QED) is 0.0647. The molecular weight excluding hydrogens is 702 g/mol. The number of hydrogen-bond acceptors (Lipinski definition) is 10. The molecule has 1 aliphatic heterocycles. The summed E-state index contributed by atoms with van der Waals surface area (Å²) < 4.78 is 10.7. The fraction of sp³-hybridized carbons (Fsp3) is 0.568. The van der Waals surface area contributed by atoms with Crippen molar-refractivity contribution in [1.82, 2.24) is 25.8 Å². The molecule has 1 heterocycles. The maximum absolute atomic E-state index is 13.6. The monoisotopic (exact) mass is 757 g/mol. The molecule has 6 N–H and O–H groups in total. The van der Waals surface area contributed by atoms with Gasteiger partial charge in [0.05, 0.1) is 5.41 Å². The van der Waals surface area contributed by atoms with Crippen LogP contribution in [0.5, 0.6) is 0 Å². The van der Waals surface area contributed by atoms with E-state index in [0.717, 1.165) is 17.1 Å². The van der Waals surface area contributed by atoms with Crippen LogP contribution in [0.25, 0.3) is 0 Å². The third kappa shape index (κ3) is 15.7. The first kappa shape index (κ1) is 44.8. The molecule has 1 aliphatic rings. The second-order valence-corrected chi connectivity index (χ2v) is 14.1. The van der Waals surface area contributed by atoms with Gasteiger partial charge < -0.3 is 41.4 Å². The lowest BCUT2D eigenvalue weighted by atomic mass is 9.97. The molecule has 0 aromatic heterocycles. The summed E-state index contributed by atoms with van der Waals surface area (Å²) in [6.07, 6.45) is 2.83. The third-order valence-electron chi connectivity index (χ3n) is 8.15. The summed E-state index contributed by atoms with van der Waals surface area (Å²) in [5.41, 5.74) is 5.63. The molecule has 0 unspecified atom stereocenters. The Kier molecular flexibility index (Phi) is 18.3. The third-order valence-corrected chi connectivity index (χ3v) is 8.15. The van der Waals surface area contributed by atoms with Crippen molar-refractivity contribution in [3.8, 4) is 0 Å². The van der Waals surface area contributed by atoms with E-state index in [4.69, 9.17) is 15.2 Å². The highest BCUT2D eigenvalue weighted by Crippen LogP contribution is 2.18. The molecule has 0 fully saturated rings. The molecule has 17 heteroatoms. The van der Waals surface area contributed by atoms with E-state index in [1.165, 1.54) is 4.90 Å². The number of carbonyl (C=O) groups excluding carboxylic acids is 8. The molecule has 1 aromatic carbocycles. The first-order chi connectivity index (χ1) is 25.4. The maximum atomic E-state index is 13.6. The Morgan fingerprint density at radius 1 is 0.907 bits per heavy atom. The number of anilines is 1. The van der Waals surface area contributed by atoms with E-state index in [-0.39, 0.29) is 51.5 Å². The minimum atomic E-state index is -1.07. The van der Waals surface area contributed by atoms with Crippen molar-refractivity contribution in [2.45, 2.75) is 85.9 Å². The molecule has 0 spiro atoms. The normalized spacial score (nSPS) is 13.6. The summed E-state index contributed by atoms with van der Waals surface area (Å²) in [7, 11) is 0. The molecule has 298 valence electrons. The molecule has 17 nitrogen and oxygen atoms in total. The van der Waals surface area contributed by atoms with Crippen LogP contribution >= 0.6 is 0 Å². The number of carbonyl (C=O) groups is 8. The van der Waals surface area contributed by atoms with Gasteiger partial charge in [0.2, 0.25) is 23.6 Å². The number of primary amides is 1. The van der Waals surface area contributed by atoms with Gasteiger partial charge in [-0.25, -0.2) is 4.79 Å². The van der Waals surface area contributed by atoms with Crippen molar-refractivity contribution in [3.63, 3.8) is 0 Å². The van der Waals surface area contributed by atoms with Crippen LogP contribution in [0.15, 0.2) is 36.4 Å². The summed E-state index contributed by atoms with van der Waals surface area (Å²) >= 11 is 0. The molecule has 0 saturated heterocycles. The standard InChI is InChI=1S/C37H55N7O10/c1-7-53-21-9-19-43(31(48)22-44-29(46)15-16-30(44)47)20-17-28(45)42-32(24(2)3)34(50)41-27(10-8-18-39-36(38)52)33(49)40-26-13-11-25(12-14-26)23-54-35(51)37(4,5)6/h11-16,24,27,32H,7-10,17-23H2,1-6H3,(H,40,49)(H,41,50)(H,42,45)(H3,38,39,52)/t27-,32-/m0/s1. The van der Waals surface area contributed by atoms with E-state index in [1.54, 1.807) is 58.9 Å². The highest BCUT2D eigenvalue weighted by molar-refractivity contribution is 6.14. The lowest BCUT2D eigenvalue weighted by molar-refractivity contribution is -0.154. The lowest BCUT2D eigenvalue weighted by Gasteiger charge is -2.27. The fourth-order valence-electron chi connectivity index (χ4n) is 5.03. The van der Waals surface area contributed by atoms with Crippen LogP contribution < -0.4 is 27.0 Å². The Labute approximate surface area is 316 Å². The van der Waals surface area contributed by atoms with Crippen LogP contribution in [0.4, 0.5) is 10.5 Å². The molecule has 8 amide bonds. The van der Waals surface area contributed by atoms with Gasteiger partial charge in [-0.05, 0) is 70.6 Å². The van der Waals surface area contributed by atoms with Crippen LogP contribution in [0.1, 0.15) is 72.8 Å². The zero-order chi connectivity index (χ0) is 40.4. The number of benzene rings is 1. The Morgan fingerprint density at radius 3 is 2.13 bits per heavy atom. The maximum Gasteiger partial charge on any atom is 0.312 e. The van der Waals surface area contributed by atoms with Gasteiger partial charge in [0, 0.05) is 57.1 Å². The van der Waals surface area contributed by atoms with Gasteiger partial charge in [0.25, 0.3) is 11.8 Å². The Bertz CT molecular complexity index is 1500. The number of nitrogens with two attached hydrogens (primary N) is 1. The number of imide groups is 1. The van der Waals surface area contributed by atoms with Crippen molar-refractivity contribution in [1.29, 1.82) is 0 Å². The van der Waals surface area contributed by atoms with Gasteiger partial charge in [-0.3, -0.25) is 38.5 Å².